The SMILES string of the molecule is C[C@H](NC(=O)[C@@H](C)N1CCC[C@@H]1c1ccc2c(c1)OCCCO2)c1ccc(F)cc1. The van der Waals surface area contributed by atoms with Crippen molar-refractivity contribution in [1.29, 1.82) is 0 Å². The first-order chi connectivity index (χ1) is 14.5. The molecule has 2 heterocycles. The Labute approximate surface area is 177 Å². The molecule has 3 atom stereocenters. The summed E-state index contributed by atoms with van der Waals surface area (Å²) in [6.45, 7) is 6.08. The molecule has 1 fully saturated rings. The maximum absolute atomic E-state index is 13.2. The summed E-state index contributed by atoms with van der Waals surface area (Å²) in [6, 6.07) is 12.1. The maximum Gasteiger partial charge on any atom is 0.237 e. The molecule has 2 aromatic rings. The van der Waals surface area contributed by atoms with Crippen molar-refractivity contribution in [2.45, 2.75) is 51.2 Å². The van der Waals surface area contributed by atoms with Crippen LogP contribution in [0.5, 0.6) is 11.5 Å². The summed E-state index contributed by atoms with van der Waals surface area (Å²) < 4.78 is 24.8. The number of likely N-dealkylation sites (tertiary alicyclic amines) is 1. The molecule has 0 aliphatic carbocycles. The number of carbonyl (C=O) groups excluding carboxylic acids is 1. The van der Waals surface area contributed by atoms with E-state index in [9.17, 15) is 9.18 Å². The number of rotatable bonds is 5. The van der Waals surface area contributed by atoms with Crippen LogP contribution >= 0.6 is 0 Å². The molecule has 5 nitrogen and oxygen atoms in total. The highest BCUT2D eigenvalue weighted by Gasteiger charge is 2.34. The molecule has 0 spiro atoms. The zero-order valence-corrected chi connectivity index (χ0v) is 17.6. The van der Waals surface area contributed by atoms with Gasteiger partial charge in [-0.1, -0.05) is 18.2 Å². The highest BCUT2D eigenvalue weighted by atomic mass is 19.1. The van der Waals surface area contributed by atoms with E-state index >= 15 is 0 Å². The molecule has 1 N–H and O–H groups in total. The Morgan fingerprint density at radius 2 is 1.80 bits per heavy atom. The molecule has 2 aromatic carbocycles. The third kappa shape index (κ3) is 4.43. The lowest BCUT2D eigenvalue weighted by Crippen LogP contribution is -2.45. The molecule has 0 bridgehead atoms. The van der Waals surface area contributed by atoms with Gasteiger partial charge in [-0.05, 0) is 68.6 Å². The molecule has 0 unspecified atom stereocenters. The van der Waals surface area contributed by atoms with E-state index in [4.69, 9.17) is 9.47 Å². The van der Waals surface area contributed by atoms with Crippen LogP contribution < -0.4 is 14.8 Å². The molecule has 2 aliphatic heterocycles. The second-order valence-corrected chi connectivity index (χ2v) is 8.11. The van der Waals surface area contributed by atoms with Crippen LogP contribution in [0.3, 0.4) is 0 Å². The van der Waals surface area contributed by atoms with E-state index in [1.165, 1.54) is 12.1 Å². The van der Waals surface area contributed by atoms with Crippen molar-refractivity contribution in [3.63, 3.8) is 0 Å². The molecular weight excluding hydrogens is 383 g/mol. The van der Waals surface area contributed by atoms with E-state index in [-0.39, 0.29) is 29.8 Å². The summed E-state index contributed by atoms with van der Waals surface area (Å²) in [5.74, 6) is 1.28. The molecule has 160 valence electrons. The lowest BCUT2D eigenvalue weighted by Gasteiger charge is -2.31. The van der Waals surface area contributed by atoms with Gasteiger partial charge in [-0.15, -0.1) is 0 Å². The number of hydrogen-bond acceptors (Lipinski definition) is 4. The summed E-state index contributed by atoms with van der Waals surface area (Å²) in [5, 5.41) is 3.07. The second-order valence-electron chi connectivity index (χ2n) is 8.11. The monoisotopic (exact) mass is 412 g/mol. The third-order valence-corrected chi connectivity index (χ3v) is 6.06. The first-order valence-electron chi connectivity index (χ1n) is 10.7. The molecule has 1 saturated heterocycles. The number of fused-ring (bicyclic) bond motifs is 1. The van der Waals surface area contributed by atoms with Gasteiger partial charge in [0.2, 0.25) is 5.91 Å². The Kier molecular flexibility index (Phi) is 6.23. The average Bonchev–Trinajstić information content (AvgIpc) is 3.12. The fourth-order valence-corrected chi connectivity index (χ4v) is 4.32. The summed E-state index contributed by atoms with van der Waals surface area (Å²) >= 11 is 0. The first-order valence-corrected chi connectivity index (χ1v) is 10.7. The smallest absolute Gasteiger partial charge is 0.237 e. The molecule has 4 rings (SSSR count). The van der Waals surface area contributed by atoms with Gasteiger partial charge < -0.3 is 14.8 Å². The van der Waals surface area contributed by atoms with Crippen molar-refractivity contribution < 1.29 is 18.7 Å². The first kappa shape index (κ1) is 20.7. The minimum absolute atomic E-state index is 0.0203. The zero-order chi connectivity index (χ0) is 21.1. The number of carbonyl (C=O) groups is 1. The van der Waals surface area contributed by atoms with Gasteiger partial charge in [-0.2, -0.15) is 0 Å². The average molecular weight is 413 g/mol. The van der Waals surface area contributed by atoms with Crippen molar-refractivity contribution in [2.24, 2.45) is 0 Å². The minimum Gasteiger partial charge on any atom is -0.490 e. The lowest BCUT2D eigenvalue weighted by molar-refractivity contribution is -0.126. The number of hydrogen-bond donors (Lipinski definition) is 1. The molecule has 30 heavy (non-hydrogen) atoms. The summed E-state index contributed by atoms with van der Waals surface area (Å²) in [5.41, 5.74) is 2.04. The van der Waals surface area contributed by atoms with Gasteiger partial charge in [0.1, 0.15) is 5.82 Å². The highest BCUT2D eigenvalue weighted by Crippen LogP contribution is 2.38. The number of halogens is 1. The predicted molar refractivity (Wildman–Crippen MR) is 113 cm³/mol. The molecule has 0 saturated carbocycles. The van der Waals surface area contributed by atoms with E-state index in [0.29, 0.717) is 13.2 Å². The van der Waals surface area contributed by atoms with Crippen LogP contribution in [-0.2, 0) is 4.79 Å². The summed E-state index contributed by atoms with van der Waals surface area (Å²) in [7, 11) is 0. The summed E-state index contributed by atoms with van der Waals surface area (Å²) in [4.78, 5) is 15.2. The van der Waals surface area contributed by atoms with Crippen molar-refractivity contribution in [2.75, 3.05) is 19.8 Å². The topological polar surface area (TPSA) is 50.8 Å². The van der Waals surface area contributed by atoms with Crippen LogP contribution in [0.15, 0.2) is 42.5 Å². The maximum atomic E-state index is 13.2. The van der Waals surface area contributed by atoms with Crippen LogP contribution in [0.1, 0.15) is 56.3 Å². The highest BCUT2D eigenvalue weighted by molar-refractivity contribution is 5.81. The molecule has 0 aromatic heterocycles. The number of benzene rings is 2. The quantitative estimate of drug-likeness (QED) is 0.791. The van der Waals surface area contributed by atoms with Crippen LogP contribution in [0.4, 0.5) is 4.39 Å². The van der Waals surface area contributed by atoms with Crippen LogP contribution in [0, 0.1) is 5.82 Å². The zero-order valence-electron chi connectivity index (χ0n) is 17.6. The fourth-order valence-electron chi connectivity index (χ4n) is 4.32. The van der Waals surface area contributed by atoms with Crippen molar-refractivity contribution in [3.05, 3.63) is 59.4 Å². The number of ether oxygens (including phenoxy) is 2. The Hall–Kier alpha value is -2.60. The predicted octanol–water partition coefficient (Wildman–Crippen LogP) is 4.39. The molecular formula is C24H29FN2O3. The van der Waals surface area contributed by atoms with E-state index in [1.54, 1.807) is 12.1 Å². The molecule has 0 radical (unpaired) electrons. The molecule has 6 heteroatoms. The van der Waals surface area contributed by atoms with Crippen LogP contribution in [0.2, 0.25) is 0 Å². The van der Waals surface area contributed by atoms with E-state index in [2.05, 4.69) is 22.3 Å². The van der Waals surface area contributed by atoms with Gasteiger partial charge in [-0.25, -0.2) is 4.39 Å². The van der Waals surface area contributed by atoms with Gasteiger partial charge in [0.05, 0.1) is 25.3 Å². The van der Waals surface area contributed by atoms with Gasteiger partial charge >= 0.3 is 0 Å². The standard InChI is InChI=1S/C24H29FN2O3/c1-16(18-6-9-20(25)10-7-18)26-24(28)17(2)27-12-3-5-21(27)19-8-11-22-23(15-19)30-14-4-13-29-22/h6-11,15-17,21H,3-5,12-14H2,1-2H3,(H,26,28)/t16-,17+,21+/m0/s1. The Morgan fingerprint density at radius 3 is 2.57 bits per heavy atom. The van der Waals surface area contributed by atoms with E-state index in [1.807, 2.05) is 19.9 Å². The Bertz CT molecular complexity index is 887. The minimum atomic E-state index is -0.277. The second kappa shape index (κ2) is 9.04. The number of nitrogens with zero attached hydrogens (tertiary/aromatic N) is 1. The van der Waals surface area contributed by atoms with Crippen molar-refractivity contribution in [1.82, 2.24) is 10.2 Å². The normalized spacial score (nSPS) is 21.0. The van der Waals surface area contributed by atoms with Gasteiger partial charge in [-0.3, -0.25) is 9.69 Å². The van der Waals surface area contributed by atoms with E-state index < -0.39 is 0 Å². The fraction of sp³-hybridized carbons (Fsp3) is 0.458. The van der Waals surface area contributed by atoms with Gasteiger partial charge in [0, 0.05) is 12.5 Å². The Balaban J connectivity index is 1.45. The third-order valence-electron chi connectivity index (χ3n) is 6.06. The lowest BCUT2D eigenvalue weighted by atomic mass is 10.0. The van der Waals surface area contributed by atoms with Gasteiger partial charge in [0.15, 0.2) is 11.5 Å². The molecule has 2 aliphatic rings. The van der Waals surface area contributed by atoms with Crippen molar-refractivity contribution in [3.8, 4) is 11.5 Å². The number of nitrogens with one attached hydrogen (secondary N) is 1. The number of amides is 1. The van der Waals surface area contributed by atoms with E-state index in [0.717, 1.165) is 48.4 Å². The molecule has 1 amide bonds. The van der Waals surface area contributed by atoms with Crippen molar-refractivity contribution >= 4 is 5.91 Å². The van der Waals surface area contributed by atoms with Crippen LogP contribution in [0.25, 0.3) is 0 Å². The Morgan fingerprint density at radius 1 is 1.07 bits per heavy atom. The van der Waals surface area contributed by atoms with Gasteiger partial charge in [0.25, 0.3) is 0 Å². The van der Waals surface area contributed by atoms with Crippen LogP contribution in [-0.4, -0.2) is 36.6 Å². The largest absolute Gasteiger partial charge is 0.490 e. The summed E-state index contributed by atoms with van der Waals surface area (Å²) in [6.07, 6.45) is 2.93.